The topological polar surface area (TPSA) is 0 Å². The van der Waals surface area contributed by atoms with Gasteiger partial charge in [-0.15, -0.1) is 0 Å². The standard InChI is InChI=1S/C16H19.C13H9.C2H7Si.2ClH.Zr/c1-3-11(2)15-8-7-14-9-12-5-4-6-13(12)10-16(14)15;1-2-6-12-10(4-1)8-9-11-5-3-7-13(11)12;1-3-2;;;/h7-11H,3-6H2,1-2H3;1-9H;3H,1-2H3;2*1H;/q;;;;;+2/p-2. The Morgan fingerprint density at radius 2 is 1.69 bits per heavy atom. The van der Waals surface area contributed by atoms with Gasteiger partial charge in [0.15, 0.2) is 0 Å². The molecule has 0 aliphatic heterocycles. The molecular weight excluding hydrogens is 563 g/mol. The van der Waals surface area contributed by atoms with Gasteiger partial charge in [-0.3, -0.25) is 0 Å². The molecule has 3 atom stereocenters. The van der Waals surface area contributed by atoms with Crippen molar-refractivity contribution in [2.24, 2.45) is 5.92 Å². The van der Waals surface area contributed by atoms with Crippen LogP contribution in [0.4, 0.5) is 0 Å². The van der Waals surface area contributed by atoms with Crippen molar-refractivity contribution in [3.8, 4) is 0 Å². The Balaban J connectivity index is 0.00000144. The van der Waals surface area contributed by atoms with Gasteiger partial charge in [0.2, 0.25) is 0 Å². The second-order valence-electron chi connectivity index (χ2n) is 10.8. The first-order valence-electron chi connectivity index (χ1n) is 13.0. The molecule has 6 rings (SSSR count). The predicted octanol–water partition coefficient (Wildman–Crippen LogP) is 2.19. The van der Waals surface area contributed by atoms with Crippen LogP contribution in [0, 0.1) is 5.92 Å². The van der Waals surface area contributed by atoms with Gasteiger partial charge in [-0.2, -0.15) is 0 Å². The van der Waals surface area contributed by atoms with Crippen molar-refractivity contribution >= 4 is 28.3 Å². The largest absolute Gasteiger partial charge is 1.00 e. The van der Waals surface area contributed by atoms with E-state index in [4.69, 9.17) is 0 Å². The van der Waals surface area contributed by atoms with Gasteiger partial charge in [0.1, 0.15) is 0 Å². The third-order valence-electron chi connectivity index (χ3n) is 8.58. The minimum absolute atomic E-state index is 0. The molecule has 0 heterocycles. The number of rotatable bonds is 5. The molecule has 0 amide bonds. The Morgan fingerprint density at radius 3 is 2.43 bits per heavy atom. The van der Waals surface area contributed by atoms with Crippen LogP contribution >= 0.6 is 0 Å². The molecular formula is C31H35Cl2SiZr. The van der Waals surface area contributed by atoms with Gasteiger partial charge in [-0.05, 0) is 0 Å². The van der Waals surface area contributed by atoms with Crippen molar-refractivity contribution in [3.05, 3.63) is 94.1 Å². The van der Waals surface area contributed by atoms with Crippen molar-refractivity contribution < 1.29 is 45.7 Å². The van der Waals surface area contributed by atoms with Crippen LogP contribution in [0.1, 0.15) is 67.3 Å². The molecule has 0 fully saturated rings. The van der Waals surface area contributed by atoms with Gasteiger partial charge in [0.25, 0.3) is 0 Å². The summed E-state index contributed by atoms with van der Waals surface area (Å²) in [6.07, 6.45) is 13.1. The molecule has 35 heavy (non-hydrogen) atoms. The molecule has 4 heteroatoms. The van der Waals surface area contributed by atoms with Crippen LogP contribution < -0.4 is 24.8 Å². The summed E-state index contributed by atoms with van der Waals surface area (Å²) in [6.45, 7) is 10.2. The van der Waals surface area contributed by atoms with E-state index in [0.717, 1.165) is 7.25 Å². The molecule has 0 nitrogen and oxygen atoms in total. The summed E-state index contributed by atoms with van der Waals surface area (Å²) in [6, 6.07) is 19.1. The number of hydrogen-bond acceptors (Lipinski definition) is 0. The van der Waals surface area contributed by atoms with Crippen LogP contribution in [-0.2, 0) is 33.8 Å². The molecule has 0 radical (unpaired) electrons. The molecule has 181 valence electrons. The minimum Gasteiger partial charge on any atom is -1.00 e. The summed E-state index contributed by atoms with van der Waals surface area (Å²) >= 11 is -1.87. The number of aryl methyl sites for hydroxylation is 2. The fourth-order valence-electron chi connectivity index (χ4n) is 6.70. The third-order valence-corrected chi connectivity index (χ3v) is 29.9. The summed E-state index contributed by atoms with van der Waals surface area (Å²) in [5, 5.41) is 2.83. The van der Waals surface area contributed by atoms with E-state index in [1.54, 1.807) is 33.4 Å². The van der Waals surface area contributed by atoms with Crippen LogP contribution in [0.25, 0.3) is 22.4 Å². The molecule has 3 aromatic carbocycles. The average molecular weight is 598 g/mol. The van der Waals surface area contributed by atoms with E-state index in [1.807, 2.05) is 0 Å². The summed E-state index contributed by atoms with van der Waals surface area (Å²) in [7, 11) is 0. The Kier molecular flexibility index (Phi) is 8.39. The summed E-state index contributed by atoms with van der Waals surface area (Å²) < 4.78 is 1.49. The van der Waals surface area contributed by atoms with Gasteiger partial charge in [-0.25, -0.2) is 0 Å². The number of hydrogen-bond donors (Lipinski definition) is 0. The Labute approximate surface area is 232 Å². The Hall–Kier alpha value is -0.920. The van der Waals surface area contributed by atoms with Crippen LogP contribution in [0.15, 0.2) is 60.7 Å². The van der Waals surface area contributed by atoms with Crippen molar-refractivity contribution in [2.45, 2.75) is 59.9 Å². The second kappa shape index (κ2) is 10.8. The van der Waals surface area contributed by atoms with Crippen molar-refractivity contribution in [1.82, 2.24) is 0 Å². The van der Waals surface area contributed by atoms with Crippen molar-refractivity contribution in [1.29, 1.82) is 0 Å². The average Bonchev–Trinajstić information content (AvgIpc) is 3.55. The second-order valence-corrected chi connectivity index (χ2v) is 31.0. The molecule has 0 saturated carbocycles. The Morgan fingerprint density at radius 1 is 0.943 bits per heavy atom. The Bertz CT molecular complexity index is 1310. The third kappa shape index (κ3) is 4.52. The van der Waals surface area contributed by atoms with Crippen LogP contribution in [0.2, 0.25) is 13.1 Å². The molecule has 0 spiro atoms. The first-order valence-corrected chi connectivity index (χ1v) is 23.0. The van der Waals surface area contributed by atoms with Gasteiger partial charge in [-0.1, -0.05) is 0 Å². The molecule has 3 aliphatic rings. The van der Waals surface area contributed by atoms with E-state index >= 15 is 0 Å². The predicted molar refractivity (Wildman–Crippen MR) is 143 cm³/mol. The monoisotopic (exact) mass is 595 g/mol. The maximum atomic E-state index is 2.81. The molecule has 3 unspecified atom stereocenters. The van der Waals surface area contributed by atoms with Crippen LogP contribution in [0.5, 0.6) is 0 Å². The molecule has 3 aromatic rings. The minimum atomic E-state index is -1.87. The normalized spacial score (nSPS) is 20.1. The zero-order valence-electron chi connectivity index (χ0n) is 21.2. The van der Waals surface area contributed by atoms with E-state index < -0.39 is 26.8 Å². The van der Waals surface area contributed by atoms with Crippen LogP contribution in [0.3, 0.4) is 0 Å². The first kappa shape index (κ1) is 27.1. The van der Waals surface area contributed by atoms with E-state index in [0.29, 0.717) is 5.92 Å². The molecule has 0 bridgehead atoms. The SMILES string of the molecule is CCC(C)C1=C[CH]([Zr+2]([CH]2C=Cc3c2ccc2ccccc32)[SiH](C)C)c2cc3c(cc21)CCC3.[Cl-].[Cl-]. The molecule has 0 aromatic heterocycles. The van der Waals surface area contributed by atoms with Gasteiger partial charge < -0.3 is 24.8 Å². The van der Waals surface area contributed by atoms with Crippen molar-refractivity contribution in [2.75, 3.05) is 0 Å². The fourth-order valence-corrected chi connectivity index (χ4v) is 27.7. The zero-order chi connectivity index (χ0) is 22.7. The van der Waals surface area contributed by atoms with Crippen molar-refractivity contribution in [3.63, 3.8) is 0 Å². The van der Waals surface area contributed by atoms with Crippen LogP contribution in [-0.4, -0.2) is 5.92 Å². The number of benzene rings is 3. The zero-order valence-corrected chi connectivity index (χ0v) is 26.4. The van der Waals surface area contributed by atoms with Gasteiger partial charge in [0, 0.05) is 0 Å². The maximum absolute atomic E-state index is 2.81. The first-order chi connectivity index (χ1) is 16.1. The molecule has 0 saturated heterocycles. The molecule has 0 N–H and O–H groups in total. The fraction of sp³-hybridized carbons (Fsp3) is 0.355. The summed E-state index contributed by atoms with van der Waals surface area (Å²) in [4.78, 5) is 0. The van der Waals surface area contributed by atoms with Gasteiger partial charge in [0.05, 0.1) is 0 Å². The summed E-state index contributed by atoms with van der Waals surface area (Å²) in [5.74, 6) is -0.0910. The number of allylic oxidation sites excluding steroid dienone is 3. The number of fused-ring (bicyclic) bond motifs is 5. The quantitative estimate of drug-likeness (QED) is 0.396. The van der Waals surface area contributed by atoms with E-state index in [2.05, 4.69) is 93.7 Å². The summed E-state index contributed by atoms with van der Waals surface area (Å²) in [5.41, 5.74) is 11.5. The number of halogens is 2. The van der Waals surface area contributed by atoms with E-state index in [1.165, 1.54) is 42.0 Å². The maximum Gasteiger partial charge on any atom is -1.00 e. The van der Waals surface area contributed by atoms with E-state index in [-0.39, 0.29) is 24.8 Å². The van der Waals surface area contributed by atoms with Gasteiger partial charge >= 0.3 is 209 Å². The van der Waals surface area contributed by atoms with E-state index in [9.17, 15) is 0 Å². The molecule has 3 aliphatic carbocycles. The smallest absolute Gasteiger partial charge is 1.00 e.